The number of amides is 1. The molecule has 238 valence electrons. The molecule has 3 heterocycles. The smallest absolute Gasteiger partial charge is 0.410 e. The molecule has 1 saturated heterocycles. The second-order valence-corrected chi connectivity index (χ2v) is 12.6. The number of imidazole rings is 1. The first-order chi connectivity index (χ1) is 22.2. The summed E-state index contributed by atoms with van der Waals surface area (Å²) in [5, 5.41) is 0. The zero-order valence-corrected chi connectivity index (χ0v) is 27.0. The predicted octanol–water partition coefficient (Wildman–Crippen LogP) is 6.85. The Labute approximate surface area is 270 Å². The molecule has 0 saturated carbocycles. The van der Waals surface area contributed by atoms with E-state index in [1.54, 1.807) is 4.90 Å². The van der Waals surface area contributed by atoms with Crippen LogP contribution >= 0.6 is 0 Å². The lowest BCUT2D eigenvalue weighted by Gasteiger charge is -2.35. The maximum atomic E-state index is 12.5. The lowest BCUT2D eigenvalue weighted by Crippen LogP contribution is -2.49. The monoisotopic (exact) mass is 619 g/mol. The van der Waals surface area contributed by atoms with Crippen molar-refractivity contribution in [1.82, 2.24) is 24.3 Å². The van der Waals surface area contributed by atoms with Gasteiger partial charge in [-0.15, -0.1) is 0 Å². The van der Waals surface area contributed by atoms with E-state index in [9.17, 15) is 4.79 Å². The minimum absolute atomic E-state index is 0.250. The molecular formula is C37H41N5O4. The van der Waals surface area contributed by atoms with E-state index in [4.69, 9.17) is 24.2 Å². The normalized spacial score (nSPS) is 14.0. The van der Waals surface area contributed by atoms with Gasteiger partial charge in [-0.3, -0.25) is 4.90 Å². The molecule has 0 radical (unpaired) electrons. The van der Waals surface area contributed by atoms with Gasteiger partial charge in [0.2, 0.25) is 11.8 Å². The zero-order valence-electron chi connectivity index (χ0n) is 27.0. The van der Waals surface area contributed by atoms with Crippen LogP contribution < -0.4 is 9.47 Å². The van der Waals surface area contributed by atoms with Gasteiger partial charge in [-0.1, -0.05) is 66.7 Å². The fourth-order valence-corrected chi connectivity index (χ4v) is 5.45. The minimum Gasteiger partial charge on any atom is -0.473 e. The van der Waals surface area contributed by atoms with Gasteiger partial charge in [-0.2, -0.15) is 4.98 Å². The van der Waals surface area contributed by atoms with Gasteiger partial charge in [0.15, 0.2) is 0 Å². The number of aryl methyl sites for hydroxylation is 1. The van der Waals surface area contributed by atoms with E-state index in [2.05, 4.69) is 34.7 Å². The molecule has 2 aromatic heterocycles. The molecule has 0 N–H and O–H groups in total. The number of nitrogens with zero attached hydrogens (tertiary/aromatic N) is 5. The van der Waals surface area contributed by atoms with Gasteiger partial charge in [0.25, 0.3) is 0 Å². The molecule has 1 aliphatic rings. The summed E-state index contributed by atoms with van der Waals surface area (Å²) in [7, 11) is 2.05. The highest BCUT2D eigenvalue weighted by molar-refractivity contribution is 5.84. The average molecular weight is 620 g/mol. The zero-order chi connectivity index (χ0) is 32.1. The third-order valence-corrected chi connectivity index (χ3v) is 7.96. The number of rotatable bonds is 9. The molecule has 0 unspecified atom stereocenters. The van der Waals surface area contributed by atoms with Crippen molar-refractivity contribution >= 4 is 17.1 Å². The van der Waals surface area contributed by atoms with Crippen LogP contribution in [0.2, 0.25) is 0 Å². The summed E-state index contributed by atoms with van der Waals surface area (Å²) in [5.74, 6) is 1.99. The van der Waals surface area contributed by atoms with Gasteiger partial charge in [-0.05, 0) is 55.7 Å². The highest BCUT2D eigenvalue weighted by Crippen LogP contribution is 2.33. The summed E-state index contributed by atoms with van der Waals surface area (Å²) in [6.07, 6.45) is -0.250. The van der Waals surface area contributed by atoms with Crippen LogP contribution in [0.15, 0.2) is 91.0 Å². The van der Waals surface area contributed by atoms with Gasteiger partial charge < -0.3 is 23.7 Å². The van der Waals surface area contributed by atoms with Crippen molar-refractivity contribution in [3.8, 4) is 22.9 Å². The quantitative estimate of drug-likeness (QED) is 0.179. The number of pyridine rings is 1. The molecule has 3 aromatic carbocycles. The molecule has 0 atom stereocenters. The van der Waals surface area contributed by atoms with E-state index in [-0.39, 0.29) is 6.09 Å². The standard InChI is InChI=1S/C37H41N5O4/c1-37(2,3)46-36(43)42-21-19-41(20-22-42)24-33-38-31-17-15-29(23-32(31)40(33)4)30-16-18-34(44-25-27-11-7-5-8-12-27)39-35(30)45-26-28-13-9-6-10-14-28/h5-18,23H,19-22,24-26H2,1-4H3. The number of aromatic nitrogens is 3. The van der Waals surface area contributed by atoms with Crippen molar-refractivity contribution in [2.45, 2.75) is 46.1 Å². The van der Waals surface area contributed by atoms with Crippen molar-refractivity contribution in [3.05, 3.63) is 108 Å². The van der Waals surface area contributed by atoms with Crippen molar-refractivity contribution in [1.29, 1.82) is 0 Å². The van der Waals surface area contributed by atoms with Gasteiger partial charge >= 0.3 is 6.09 Å². The first kappa shape index (κ1) is 31.1. The Morgan fingerprint density at radius 2 is 1.43 bits per heavy atom. The summed E-state index contributed by atoms with van der Waals surface area (Å²) in [4.78, 5) is 26.4. The van der Waals surface area contributed by atoms with Gasteiger partial charge in [0.1, 0.15) is 24.6 Å². The van der Waals surface area contributed by atoms with Crippen LogP contribution in [0, 0.1) is 0 Å². The Hall–Kier alpha value is -4.89. The molecule has 1 fully saturated rings. The molecule has 9 nitrogen and oxygen atoms in total. The number of carbonyl (C=O) groups excluding carboxylic acids is 1. The number of benzene rings is 3. The molecule has 1 amide bonds. The first-order valence-corrected chi connectivity index (χ1v) is 15.7. The van der Waals surface area contributed by atoms with Crippen LogP contribution in [0.5, 0.6) is 11.8 Å². The van der Waals surface area contributed by atoms with Crippen molar-refractivity contribution in [2.24, 2.45) is 7.05 Å². The highest BCUT2D eigenvalue weighted by atomic mass is 16.6. The lowest BCUT2D eigenvalue weighted by molar-refractivity contribution is 0.0136. The molecule has 5 aromatic rings. The maximum absolute atomic E-state index is 12.5. The lowest BCUT2D eigenvalue weighted by atomic mass is 10.1. The second-order valence-electron chi connectivity index (χ2n) is 12.6. The summed E-state index contributed by atoms with van der Waals surface area (Å²) in [5.41, 5.74) is 5.45. The van der Waals surface area contributed by atoms with E-state index in [0.29, 0.717) is 44.6 Å². The number of hydrogen-bond donors (Lipinski definition) is 0. The van der Waals surface area contributed by atoms with Crippen molar-refractivity contribution in [2.75, 3.05) is 26.2 Å². The topological polar surface area (TPSA) is 82.0 Å². The molecule has 9 heteroatoms. The molecule has 6 rings (SSSR count). The number of fused-ring (bicyclic) bond motifs is 1. The first-order valence-electron chi connectivity index (χ1n) is 15.7. The summed E-state index contributed by atoms with van der Waals surface area (Å²) in [6.45, 7) is 9.98. The third-order valence-electron chi connectivity index (χ3n) is 7.96. The molecule has 0 aliphatic carbocycles. The van der Waals surface area contributed by atoms with E-state index in [1.165, 1.54) is 0 Å². The third kappa shape index (κ3) is 7.66. The molecule has 46 heavy (non-hydrogen) atoms. The number of piperazine rings is 1. The van der Waals surface area contributed by atoms with Crippen LogP contribution in [0.4, 0.5) is 4.79 Å². The summed E-state index contributed by atoms with van der Waals surface area (Å²) in [6, 6.07) is 30.3. The van der Waals surface area contributed by atoms with E-state index < -0.39 is 5.60 Å². The van der Waals surface area contributed by atoms with Crippen molar-refractivity contribution in [3.63, 3.8) is 0 Å². The highest BCUT2D eigenvalue weighted by Gasteiger charge is 2.26. The number of ether oxygens (including phenoxy) is 3. The van der Waals surface area contributed by atoms with E-state index in [0.717, 1.165) is 52.2 Å². The molecule has 1 aliphatic heterocycles. The Kier molecular flexibility index (Phi) is 9.21. The Bertz CT molecular complexity index is 1770. The van der Waals surface area contributed by atoms with Gasteiger partial charge in [0, 0.05) is 44.9 Å². The molecular weight excluding hydrogens is 578 g/mol. The Balaban J connectivity index is 1.20. The van der Waals surface area contributed by atoms with Crippen LogP contribution in [0.3, 0.4) is 0 Å². The number of hydrogen-bond acceptors (Lipinski definition) is 7. The predicted molar refractivity (Wildman–Crippen MR) is 179 cm³/mol. The van der Waals surface area contributed by atoms with Crippen LogP contribution in [-0.4, -0.2) is 62.2 Å². The fourth-order valence-electron chi connectivity index (χ4n) is 5.45. The van der Waals surface area contributed by atoms with Crippen LogP contribution in [0.1, 0.15) is 37.7 Å². The van der Waals surface area contributed by atoms with Crippen LogP contribution in [-0.2, 0) is 31.5 Å². The Morgan fingerprint density at radius 1 is 0.783 bits per heavy atom. The Morgan fingerprint density at radius 3 is 2.09 bits per heavy atom. The summed E-state index contributed by atoms with van der Waals surface area (Å²) >= 11 is 0. The molecule has 0 bridgehead atoms. The van der Waals surface area contributed by atoms with Crippen molar-refractivity contribution < 1.29 is 19.0 Å². The number of carbonyl (C=O) groups is 1. The average Bonchev–Trinajstić information content (AvgIpc) is 3.37. The largest absolute Gasteiger partial charge is 0.473 e. The van der Waals surface area contributed by atoms with Gasteiger partial charge in [0.05, 0.1) is 17.6 Å². The van der Waals surface area contributed by atoms with Crippen LogP contribution in [0.25, 0.3) is 22.2 Å². The SMILES string of the molecule is Cn1c(CN2CCN(C(=O)OC(C)(C)C)CC2)nc2ccc(-c3ccc(OCc4ccccc4)nc3OCc3ccccc3)cc21. The van der Waals surface area contributed by atoms with E-state index in [1.807, 2.05) is 93.6 Å². The van der Waals surface area contributed by atoms with Gasteiger partial charge in [-0.25, -0.2) is 9.78 Å². The second kappa shape index (κ2) is 13.6. The minimum atomic E-state index is -0.497. The summed E-state index contributed by atoms with van der Waals surface area (Å²) < 4.78 is 20.1. The van der Waals surface area contributed by atoms with E-state index >= 15 is 0 Å². The fraction of sp³-hybridized carbons (Fsp3) is 0.324. The maximum Gasteiger partial charge on any atom is 0.410 e. The molecule has 0 spiro atoms.